The van der Waals surface area contributed by atoms with Crippen molar-refractivity contribution in [2.45, 2.75) is 0 Å². The van der Waals surface area contributed by atoms with Crippen molar-refractivity contribution >= 4 is 26.1 Å². The fraction of sp³-hybridized carbons (Fsp3) is 0. The molecule has 2 heterocycles. The molecule has 0 radical (unpaired) electrons. The van der Waals surface area contributed by atoms with E-state index >= 15 is 0 Å². The Morgan fingerprint density at radius 1 is 1.36 bits per heavy atom. The van der Waals surface area contributed by atoms with Gasteiger partial charge in [0.1, 0.15) is 0 Å². The molecule has 0 aliphatic carbocycles. The fourth-order valence-electron chi connectivity index (χ4n) is 0.639. The van der Waals surface area contributed by atoms with E-state index in [1.807, 2.05) is 0 Å². The van der Waals surface area contributed by atoms with Crippen LogP contribution < -0.4 is 0 Å². The van der Waals surface area contributed by atoms with E-state index in [1.165, 1.54) is 6.33 Å². The summed E-state index contributed by atoms with van der Waals surface area (Å²) in [6, 6.07) is 0. The number of amidine groups is 1. The molecule has 0 atom stereocenters. The van der Waals surface area contributed by atoms with Crippen molar-refractivity contribution < 1.29 is 0 Å². The number of nitrogens with zero attached hydrogens (tertiary/aromatic N) is 5. The molecule has 7 heteroatoms. The van der Waals surface area contributed by atoms with Crippen LogP contribution in [0.3, 0.4) is 0 Å². The maximum absolute atomic E-state index is 3.94. The van der Waals surface area contributed by atoms with E-state index in [4.69, 9.17) is 0 Å². The molecule has 0 saturated heterocycles. The van der Waals surface area contributed by atoms with Crippen LogP contribution in [-0.4, -0.2) is 41.3 Å². The van der Waals surface area contributed by atoms with Gasteiger partial charge in [-0.1, -0.05) is 0 Å². The van der Waals surface area contributed by atoms with Crippen LogP contribution in [0.25, 0.3) is 0 Å². The summed E-state index contributed by atoms with van der Waals surface area (Å²) in [5.74, 6) is 0.982. The van der Waals surface area contributed by atoms with Gasteiger partial charge in [-0.2, -0.15) is 0 Å². The Kier molecular flexibility index (Phi) is 1.45. The molecule has 6 nitrogen and oxygen atoms in total. The average molecular weight is 213 g/mol. The van der Waals surface area contributed by atoms with Gasteiger partial charge in [-0.25, -0.2) is 0 Å². The van der Waals surface area contributed by atoms with Crippen LogP contribution in [0.2, 0.25) is 0 Å². The van der Waals surface area contributed by atoms with E-state index in [1.54, 1.807) is 0 Å². The summed E-state index contributed by atoms with van der Waals surface area (Å²) in [4.78, 5) is 7.80. The normalized spacial score (nSPS) is 15.6. The topological polar surface area (TPSA) is 78.6 Å². The molecular formula is C4H2N6Se. The minimum atomic E-state index is 0.455. The molecule has 0 aromatic carbocycles. The van der Waals surface area contributed by atoms with Crippen molar-refractivity contribution in [2.75, 3.05) is 0 Å². The molecule has 1 aliphatic rings. The fourth-order valence-corrected chi connectivity index (χ4v) is 0.906. The molecule has 0 bridgehead atoms. The van der Waals surface area contributed by atoms with Gasteiger partial charge in [0.25, 0.3) is 0 Å². The van der Waals surface area contributed by atoms with Crippen LogP contribution in [-0.2, 0) is 0 Å². The second kappa shape index (κ2) is 2.44. The van der Waals surface area contributed by atoms with Crippen molar-refractivity contribution in [3.05, 3.63) is 12.2 Å². The van der Waals surface area contributed by atoms with Crippen molar-refractivity contribution in [1.82, 2.24) is 15.2 Å². The van der Waals surface area contributed by atoms with Crippen molar-refractivity contribution in [2.24, 2.45) is 15.2 Å². The second-order valence-corrected chi connectivity index (χ2v) is 2.52. The Labute approximate surface area is 69.2 Å². The zero-order valence-electron chi connectivity index (χ0n) is 5.22. The monoisotopic (exact) mass is 214 g/mol. The number of rotatable bonds is 1. The summed E-state index contributed by atoms with van der Waals surface area (Å²) in [6.07, 6.45) is 1.39. The van der Waals surface area contributed by atoms with Crippen LogP contribution in [0.15, 0.2) is 21.5 Å². The van der Waals surface area contributed by atoms with Crippen LogP contribution in [0, 0.1) is 0 Å². The van der Waals surface area contributed by atoms with Gasteiger partial charge >= 0.3 is 68.6 Å². The Bertz CT molecular complexity index is 335. The molecule has 0 spiro atoms. The molecule has 1 aromatic rings. The Hall–Kier alpha value is -1.20. The number of azo groups is 1. The Morgan fingerprint density at radius 2 is 2.27 bits per heavy atom. The first kappa shape index (κ1) is 6.51. The molecule has 1 N–H and O–H groups in total. The molecule has 1 aliphatic heterocycles. The van der Waals surface area contributed by atoms with Crippen LogP contribution in [0.1, 0.15) is 5.82 Å². The first-order valence-electron chi connectivity index (χ1n) is 2.76. The zero-order valence-corrected chi connectivity index (χ0v) is 6.93. The van der Waals surface area contributed by atoms with Crippen LogP contribution >= 0.6 is 0 Å². The number of aliphatic imine (C=N–C) groups is 1. The van der Waals surface area contributed by atoms with Gasteiger partial charge in [0.05, 0.1) is 0 Å². The molecule has 1 aromatic heterocycles. The maximum atomic E-state index is 3.94. The molecule has 0 saturated carbocycles. The van der Waals surface area contributed by atoms with Crippen molar-refractivity contribution in [3.63, 3.8) is 0 Å². The predicted octanol–water partition coefficient (Wildman–Crippen LogP) is -0.727. The van der Waals surface area contributed by atoms with Crippen LogP contribution in [0.4, 0.5) is 0 Å². The number of nitrogens with one attached hydrogen (secondary N) is 1. The van der Waals surface area contributed by atoms with E-state index in [0.29, 0.717) is 16.3 Å². The molecule has 54 valence electrons. The van der Waals surface area contributed by atoms with E-state index in [9.17, 15) is 0 Å². The molecule has 11 heavy (non-hydrogen) atoms. The summed E-state index contributed by atoms with van der Waals surface area (Å²) in [5, 5.41) is 13.7. The van der Waals surface area contributed by atoms with Gasteiger partial charge in [-0.15, -0.1) is 0 Å². The van der Waals surface area contributed by atoms with Gasteiger partial charge in [0.2, 0.25) is 0 Å². The van der Waals surface area contributed by atoms with Gasteiger partial charge < -0.3 is 0 Å². The molecular weight excluding hydrogens is 211 g/mol. The molecule has 2 rings (SSSR count). The SMILES string of the molecule is [Se]=C1N=NC(c2ncn[nH]2)=N1. The molecule has 0 unspecified atom stereocenters. The van der Waals surface area contributed by atoms with Gasteiger partial charge in [0, 0.05) is 0 Å². The number of hydrogen-bond acceptors (Lipinski definition) is 5. The van der Waals surface area contributed by atoms with Gasteiger partial charge in [0.15, 0.2) is 0 Å². The van der Waals surface area contributed by atoms with Gasteiger partial charge in [-0.05, 0) is 0 Å². The van der Waals surface area contributed by atoms with Crippen molar-refractivity contribution in [3.8, 4) is 0 Å². The molecule has 0 fully saturated rings. The summed E-state index contributed by atoms with van der Waals surface area (Å²) < 4.78 is 0.511. The second-order valence-electron chi connectivity index (χ2n) is 1.75. The predicted molar refractivity (Wildman–Crippen MR) is 38.5 cm³/mol. The number of hydrogen-bond donors (Lipinski definition) is 1. The standard InChI is InChI=1S/C4H2N6Se/c11-4-7-3(9-10-4)2-5-1-6-8-2/h1H,(H,5,6,8). The quantitative estimate of drug-likeness (QED) is 0.624. The van der Waals surface area contributed by atoms with Crippen LogP contribution in [0.5, 0.6) is 0 Å². The Morgan fingerprint density at radius 3 is 2.82 bits per heavy atom. The van der Waals surface area contributed by atoms with Gasteiger partial charge in [-0.3, -0.25) is 0 Å². The van der Waals surface area contributed by atoms with Crippen molar-refractivity contribution in [1.29, 1.82) is 0 Å². The number of aromatic amines is 1. The van der Waals surface area contributed by atoms with E-state index in [2.05, 4.69) is 46.0 Å². The summed E-state index contributed by atoms with van der Waals surface area (Å²) in [5.41, 5.74) is 0. The average Bonchev–Trinajstić information content (AvgIpc) is 2.55. The van der Waals surface area contributed by atoms with E-state index in [0.717, 1.165) is 0 Å². The number of aromatic nitrogens is 3. The first-order valence-corrected chi connectivity index (χ1v) is 3.62. The summed E-state index contributed by atoms with van der Waals surface area (Å²) >= 11 is 2.64. The van der Waals surface area contributed by atoms with E-state index in [-0.39, 0.29) is 0 Å². The summed E-state index contributed by atoms with van der Waals surface area (Å²) in [6.45, 7) is 0. The third-order valence-electron chi connectivity index (χ3n) is 1.06. The zero-order chi connectivity index (χ0) is 7.68. The molecule has 0 amide bonds. The Balaban J connectivity index is 2.40. The minimum absolute atomic E-state index is 0.455. The first-order chi connectivity index (χ1) is 5.36. The third-order valence-corrected chi connectivity index (χ3v) is 1.42. The number of H-pyrrole nitrogens is 1. The summed E-state index contributed by atoms with van der Waals surface area (Å²) in [7, 11) is 0. The van der Waals surface area contributed by atoms with E-state index < -0.39 is 0 Å². The third kappa shape index (κ3) is 1.15.